The standard InChI is InChI=1S/C22H25N3O2/c1-15(2)12-13-24-19-11-7-5-9-17(19)23-20(24)14-25-18-10-6-4-8-16(18)22(3,27)21(25)26/h4-11,15,27H,12-14H2,1-3H3. The first-order valence-electron chi connectivity index (χ1n) is 9.47. The summed E-state index contributed by atoms with van der Waals surface area (Å²) >= 11 is 0. The Labute approximate surface area is 159 Å². The molecule has 3 aromatic rings. The van der Waals surface area contributed by atoms with Crippen molar-refractivity contribution >= 4 is 22.6 Å². The molecule has 1 aromatic heterocycles. The van der Waals surface area contributed by atoms with Gasteiger partial charge in [-0.2, -0.15) is 0 Å². The minimum atomic E-state index is -1.49. The van der Waals surface area contributed by atoms with Gasteiger partial charge in [0.1, 0.15) is 5.82 Å². The molecule has 0 bridgehead atoms. The molecule has 5 nitrogen and oxygen atoms in total. The van der Waals surface area contributed by atoms with Gasteiger partial charge in [0.2, 0.25) is 0 Å². The van der Waals surface area contributed by atoms with Crippen LogP contribution >= 0.6 is 0 Å². The lowest BCUT2D eigenvalue weighted by Crippen LogP contribution is -2.38. The molecule has 0 saturated heterocycles. The van der Waals surface area contributed by atoms with Crippen LogP contribution in [-0.4, -0.2) is 20.6 Å². The first kappa shape index (κ1) is 17.7. The van der Waals surface area contributed by atoms with E-state index in [1.165, 1.54) is 0 Å². The molecule has 1 aliphatic heterocycles. The number of aromatic nitrogens is 2. The van der Waals surface area contributed by atoms with Crippen LogP contribution in [0.4, 0.5) is 5.69 Å². The highest BCUT2D eigenvalue weighted by Gasteiger charge is 2.46. The summed E-state index contributed by atoms with van der Waals surface area (Å²) in [6.07, 6.45) is 1.04. The predicted octanol–water partition coefficient (Wildman–Crippen LogP) is 3.84. The number of rotatable bonds is 5. The number of carbonyl (C=O) groups excluding carboxylic acids is 1. The molecule has 1 atom stereocenters. The van der Waals surface area contributed by atoms with Gasteiger partial charge in [0.25, 0.3) is 5.91 Å². The van der Waals surface area contributed by atoms with Crippen LogP contribution in [-0.2, 0) is 23.5 Å². The molecule has 0 radical (unpaired) electrons. The van der Waals surface area contributed by atoms with E-state index in [0.717, 1.165) is 35.5 Å². The van der Waals surface area contributed by atoms with Crippen molar-refractivity contribution in [1.82, 2.24) is 9.55 Å². The molecule has 4 rings (SSSR count). The smallest absolute Gasteiger partial charge is 0.263 e. The molecule has 0 saturated carbocycles. The van der Waals surface area contributed by atoms with E-state index in [4.69, 9.17) is 4.98 Å². The van der Waals surface area contributed by atoms with Crippen molar-refractivity contribution in [3.63, 3.8) is 0 Å². The Morgan fingerprint density at radius 2 is 1.81 bits per heavy atom. The van der Waals surface area contributed by atoms with Gasteiger partial charge in [-0.1, -0.05) is 44.2 Å². The van der Waals surface area contributed by atoms with Gasteiger partial charge in [-0.3, -0.25) is 4.79 Å². The second kappa shape index (κ2) is 6.50. The van der Waals surface area contributed by atoms with Crippen LogP contribution < -0.4 is 4.90 Å². The lowest BCUT2D eigenvalue weighted by Gasteiger charge is -2.20. The number of hydrogen-bond donors (Lipinski definition) is 1. The first-order valence-corrected chi connectivity index (χ1v) is 9.47. The summed E-state index contributed by atoms with van der Waals surface area (Å²) in [7, 11) is 0. The Bertz CT molecular complexity index is 1000. The molecule has 1 unspecified atom stereocenters. The molecule has 2 aromatic carbocycles. The van der Waals surface area contributed by atoms with E-state index >= 15 is 0 Å². The number of para-hydroxylation sites is 3. The Morgan fingerprint density at radius 3 is 2.59 bits per heavy atom. The molecule has 0 aliphatic carbocycles. The third-order valence-electron chi connectivity index (χ3n) is 5.34. The Hall–Kier alpha value is -2.66. The van der Waals surface area contributed by atoms with Gasteiger partial charge in [0.05, 0.1) is 23.3 Å². The van der Waals surface area contributed by atoms with E-state index in [2.05, 4.69) is 24.5 Å². The van der Waals surface area contributed by atoms with Crippen molar-refractivity contribution in [3.8, 4) is 0 Å². The van der Waals surface area contributed by atoms with Crippen molar-refractivity contribution in [2.45, 2.75) is 45.9 Å². The molecule has 1 amide bonds. The second-order valence-corrected chi connectivity index (χ2v) is 7.83. The van der Waals surface area contributed by atoms with Gasteiger partial charge < -0.3 is 14.6 Å². The number of benzene rings is 2. The number of nitrogens with zero attached hydrogens (tertiary/aromatic N) is 3. The lowest BCUT2D eigenvalue weighted by atomic mass is 9.98. The van der Waals surface area contributed by atoms with Crippen molar-refractivity contribution in [2.24, 2.45) is 5.92 Å². The van der Waals surface area contributed by atoms with Crippen LogP contribution in [0.5, 0.6) is 0 Å². The first-order chi connectivity index (χ1) is 12.9. The maximum absolute atomic E-state index is 12.9. The Balaban J connectivity index is 1.76. The fourth-order valence-electron chi connectivity index (χ4n) is 3.79. The van der Waals surface area contributed by atoms with Crippen LogP contribution in [0, 0.1) is 5.92 Å². The average molecular weight is 363 g/mol. The van der Waals surface area contributed by atoms with Crippen LogP contribution in [0.25, 0.3) is 11.0 Å². The van der Waals surface area contributed by atoms with Crippen LogP contribution in [0.2, 0.25) is 0 Å². The number of fused-ring (bicyclic) bond motifs is 2. The van der Waals surface area contributed by atoms with E-state index in [9.17, 15) is 9.90 Å². The van der Waals surface area contributed by atoms with Crippen LogP contribution in [0.3, 0.4) is 0 Å². The summed E-state index contributed by atoms with van der Waals surface area (Å²) < 4.78 is 2.21. The van der Waals surface area contributed by atoms with Gasteiger partial charge in [-0.15, -0.1) is 0 Å². The molecule has 5 heteroatoms. The molecule has 1 aliphatic rings. The Morgan fingerprint density at radius 1 is 1.11 bits per heavy atom. The van der Waals surface area contributed by atoms with Gasteiger partial charge in [-0.05, 0) is 37.5 Å². The fraction of sp³-hybridized carbons (Fsp3) is 0.364. The second-order valence-electron chi connectivity index (χ2n) is 7.83. The fourth-order valence-corrected chi connectivity index (χ4v) is 3.79. The zero-order valence-corrected chi connectivity index (χ0v) is 16.0. The molecular weight excluding hydrogens is 338 g/mol. The summed E-state index contributed by atoms with van der Waals surface area (Å²) in [4.78, 5) is 19.4. The van der Waals surface area contributed by atoms with Gasteiger partial charge in [0.15, 0.2) is 5.60 Å². The monoisotopic (exact) mass is 363 g/mol. The van der Waals surface area contributed by atoms with E-state index in [-0.39, 0.29) is 5.91 Å². The Kier molecular flexibility index (Phi) is 4.27. The third-order valence-corrected chi connectivity index (χ3v) is 5.34. The number of carbonyl (C=O) groups is 1. The molecule has 0 fully saturated rings. The van der Waals surface area contributed by atoms with Crippen LogP contribution in [0.1, 0.15) is 38.6 Å². The quantitative estimate of drug-likeness (QED) is 0.749. The zero-order valence-electron chi connectivity index (χ0n) is 16.0. The molecule has 0 spiro atoms. The molecule has 2 heterocycles. The van der Waals surface area contributed by atoms with Gasteiger partial charge >= 0.3 is 0 Å². The normalized spacial score (nSPS) is 19.3. The lowest BCUT2D eigenvalue weighted by molar-refractivity contribution is -0.134. The van der Waals surface area contributed by atoms with Crippen molar-refractivity contribution in [1.29, 1.82) is 0 Å². The van der Waals surface area contributed by atoms with E-state index in [1.54, 1.807) is 11.8 Å². The maximum atomic E-state index is 12.9. The number of aliphatic hydroxyl groups is 1. The van der Waals surface area contributed by atoms with Crippen molar-refractivity contribution < 1.29 is 9.90 Å². The number of amides is 1. The SMILES string of the molecule is CC(C)CCn1c(CN2C(=O)C(C)(O)c3ccccc32)nc2ccccc21. The third kappa shape index (κ3) is 2.92. The highest BCUT2D eigenvalue weighted by molar-refractivity contribution is 6.06. The van der Waals surface area contributed by atoms with Crippen LogP contribution in [0.15, 0.2) is 48.5 Å². The largest absolute Gasteiger partial charge is 0.375 e. The van der Waals surface area contributed by atoms with E-state index in [1.807, 2.05) is 42.5 Å². The highest BCUT2D eigenvalue weighted by atomic mass is 16.3. The summed E-state index contributed by atoms with van der Waals surface area (Å²) in [5, 5.41) is 10.7. The average Bonchev–Trinajstić information content (AvgIpc) is 3.09. The predicted molar refractivity (Wildman–Crippen MR) is 106 cm³/mol. The number of imidazole rings is 1. The molecule has 140 valence electrons. The summed E-state index contributed by atoms with van der Waals surface area (Å²) in [5.74, 6) is 1.12. The molecule has 27 heavy (non-hydrogen) atoms. The maximum Gasteiger partial charge on any atom is 0.263 e. The zero-order chi connectivity index (χ0) is 19.2. The topological polar surface area (TPSA) is 58.4 Å². The van der Waals surface area contributed by atoms with Gasteiger partial charge in [-0.25, -0.2) is 4.98 Å². The molecule has 1 N–H and O–H groups in total. The summed E-state index contributed by atoms with van der Waals surface area (Å²) in [6.45, 7) is 7.18. The number of aryl methyl sites for hydroxylation is 1. The summed E-state index contributed by atoms with van der Waals surface area (Å²) in [6, 6.07) is 15.5. The minimum Gasteiger partial charge on any atom is -0.375 e. The van der Waals surface area contributed by atoms with E-state index in [0.29, 0.717) is 18.0 Å². The van der Waals surface area contributed by atoms with Gasteiger partial charge in [0, 0.05) is 12.1 Å². The number of hydrogen-bond acceptors (Lipinski definition) is 3. The van der Waals surface area contributed by atoms with Crippen molar-refractivity contribution in [2.75, 3.05) is 4.90 Å². The highest BCUT2D eigenvalue weighted by Crippen LogP contribution is 2.40. The van der Waals surface area contributed by atoms with E-state index < -0.39 is 5.60 Å². The number of anilines is 1. The molecular formula is C22H25N3O2. The van der Waals surface area contributed by atoms with Crippen molar-refractivity contribution in [3.05, 3.63) is 59.9 Å². The summed E-state index contributed by atoms with van der Waals surface area (Å²) in [5.41, 5.74) is 1.93. The minimum absolute atomic E-state index is 0.300.